The first-order chi connectivity index (χ1) is 12.0. The first kappa shape index (κ1) is 17.0. The van der Waals surface area contributed by atoms with Gasteiger partial charge < -0.3 is 4.90 Å². The number of benzene rings is 1. The number of aromatic nitrogens is 2. The largest absolute Gasteiger partial charge is 0.336 e. The molecule has 0 spiro atoms. The van der Waals surface area contributed by atoms with Gasteiger partial charge in [0, 0.05) is 24.9 Å². The molecule has 0 aliphatic heterocycles. The summed E-state index contributed by atoms with van der Waals surface area (Å²) in [6.45, 7) is 0.135. The molecule has 0 bridgehead atoms. The highest BCUT2D eigenvalue weighted by molar-refractivity contribution is 7.98. The topological polar surface area (TPSA) is 80.8 Å². The fourth-order valence-corrected chi connectivity index (χ4v) is 3.18. The number of amides is 1. The number of carbonyl (C=O) groups is 1. The van der Waals surface area contributed by atoms with Crippen molar-refractivity contribution >= 4 is 28.9 Å². The maximum atomic E-state index is 12.8. The van der Waals surface area contributed by atoms with Gasteiger partial charge in [0.05, 0.1) is 17.0 Å². The second-order valence-corrected chi connectivity index (χ2v) is 6.22. The fourth-order valence-electron chi connectivity index (χ4n) is 2.64. The monoisotopic (exact) mass is 356 g/mol. The summed E-state index contributed by atoms with van der Waals surface area (Å²) in [6, 6.07) is 12.0. The third kappa shape index (κ3) is 3.20. The Morgan fingerprint density at radius 3 is 2.72 bits per heavy atom. The molecule has 2 heterocycles. The van der Waals surface area contributed by atoms with Gasteiger partial charge >= 0.3 is 0 Å². The minimum Gasteiger partial charge on any atom is -0.336 e. The van der Waals surface area contributed by atoms with Crippen LogP contribution in [0.15, 0.2) is 53.8 Å². The molecule has 128 valence electrons. The molecule has 2 aromatic heterocycles. The standard InChI is InChI=1S/C17H16N4O3S/c1-19(11-12-7-3-4-8-13(12)21(23)24)16(22)15-14-9-5-6-10-20(14)17(18-15)25-2/h3-10H,11H2,1-2H3. The zero-order valence-electron chi connectivity index (χ0n) is 13.7. The molecule has 0 N–H and O–H groups in total. The Hall–Kier alpha value is -2.87. The predicted molar refractivity (Wildman–Crippen MR) is 95.9 cm³/mol. The van der Waals surface area contributed by atoms with Gasteiger partial charge in [-0.25, -0.2) is 4.98 Å². The van der Waals surface area contributed by atoms with Crippen LogP contribution >= 0.6 is 11.8 Å². The molecule has 0 aliphatic rings. The molecule has 0 radical (unpaired) electrons. The molecule has 3 rings (SSSR count). The lowest BCUT2D eigenvalue weighted by atomic mass is 10.1. The number of hydrogen-bond donors (Lipinski definition) is 0. The predicted octanol–water partition coefficient (Wildman–Crippen LogP) is 3.24. The average Bonchev–Trinajstić information content (AvgIpc) is 3.00. The molecule has 0 fully saturated rings. The molecule has 0 unspecified atom stereocenters. The van der Waals surface area contributed by atoms with E-state index in [0.29, 0.717) is 16.8 Å². The molecule has 7 nitrogen and oxygen atoms in total. The Kier molecular flexibility index (Phi) is 4.71. The third-order valence-corrected chi connectivity index (χ3v) is 4.50. The van der Waals surface area contributed by atoms with Gasteiger partial charge in [0.25, 0.3) is 11.6 Å². The van der Waals surface area contributed by atoms with Crippen LogP contribution in [0.4, 0.5) is 5.69 Å². The van der Waals surface area contributed by atoms with E-state index in [1.165, 1.54) is 22.7 Å². The maximum absolute atomic E-state index is 12.8. The van der Waals surface area contributed by atoms with E-state index in [4.69, 9.17) is 0 Å². The van der Waals surface area contributed by atoms with E-state index in [1.807, 2.05) is 35.1 Å². The van der Waals surface area contributed by atoms with Crippen molar-refractivity contribution in [2.24, 2.45) is 0 Å². The summed E-state index contributed by atoms with van der Waals surface area (Å²) in [7, 11) is 1.62. The summed E-state index contributed by atoms with van der Waals surface area (Å²) in [6.07, 6.45) is 3.75. The van der Waals surface area contributed by atoms with Crippen LogP contribution in [0, 0.1) is 10.1 Å². The molecule has 0 aliphatic carbocycles. The molecule has 0 saturated heterocycles. The lowest BCUT2D eigenvalue weighted by molar-refractivity contribution is -0.385. The number of fused-ring (bicyclic) bond motifs is 1. The van der Waals surface area contributed by atoms with E-state index >= 15 is 0 Å². The Labute approximate surface area is 148 Å². The summed E-state index contributed by atoms with van der Waals surface area (Å²) < 4.78 is 1.86. The van der Waals surface area contributed by atoms with E-state index < -0.39 is 4.92 Å². The van der Waals surface area contributed by atoms with Gasteiger partial charge in [-0.05, 0) is 18.4 Å². The number of nitro groups is 1. The van der Waals surface area contributed by atoms with E-state index in [2.05, 4.69) is 4.98 Å². The van der Waals surface area contributed by atoms with Gasteiger partial charge in [0.1, 0.15) is 0 Å². The lowest BCUT2D eigenvalue weighted by Crippen LogP contribution is -2.27. The van der Waals surface area contributed by atoms with Crippen molar-refractivity contribution in [3.63, 3.8) is 0 Å². The molecule has 25 heavy (non-hydrogen) atoms. The van der Waals surface area contributed by atoms with Crippen molar-refractivity contribution in [1.29, 1.82) is 0 Å². The van der Waals surface area contributed by atoms with Crippen molar-refractivity contribution < 1.29 is 9.72 Å². The lowest BCUT2D eigenvalue weighted by Gasteiger charge is -2.16. The van der Waals surface area contributed by atoms with Gasteiger partial charge in [-0.1, -0.05) is 36.0 Å². The summed E-state index contributed by atoms with van der Waals surface area (Å²) in [5.74, 6) is -0.276. The second-order valence-electron chi connectivity index (χ2n) is 5.45. The number of nitrogens with zero attached hydrogens (tertiary/aromatic N) is 4. The quantitative estimate of drug-likeness (QED) is 0.398. The Morgan fingerprint density at radius 1 is 1.28 bits per heavy atom. The summed E-state index contributed by atoms with van der Waals surface area (Å²) in [5, 5.41) is 11.9. The minimum absolute atomic E-state index is 0.00153. The van der Waals surface area contributed by atoms with Crippen LogP contribution in [0.5, 0.6) is 0 Å². The Bertz CT molecular complexity index is 954. The number of rotatable bonds is 5. The van der Waals surface area contributed by atoms with Crippen LogP contribution in [0.2, 0.25) is 0 Å². The van der Waals surface area contributed by atoms with Crippen LogP contribution in [-0.4, -0.2) is 38.4 Å². The van der Waals surface area contributed by atoms with Crippen molar-refractivity contribution in [2.75, 3.05) is 13.3 Å². The Morgan fingerprint density at radius 2 is 2.00 bits per heavy atom. The number of hydrogen-bond acceptors (Lipinski definition) is 5. The molecular weight excluding hydrogens is 340 g/mol. The van der Waals surface area contributed by atoms with Gasteiger partial charge in [-0.2, -0.15) is 0 Å². The van der Waals surface area contributed by atoms with Crippen molar-refractivity contribution in [2.45, 2.75) is 11.7 Å². The van der Waals surface area contributed by atoms with Crippen molar-refractivity contribution in [3.8, 4) is 0 Å². The summed E-state index contributed by atoms with van der Waals surface area (Å²) >= 11 is 1.45. The number of para-hydroxylation sites is 1. The van der Waals surface area contributed by atoms with E-state index in [-0.39, 0.29) is 18.1 Å². The van der Waals surface area contributed by atoms with E-state index in [0.717, 1.165) is 5.16 Å². The molecule has 8 heteroatoms. The van der Waals surface area contributed by atoms with E-state index in [1.54, 1.807) is 25.2 Å². The van der Waals surface area contributed by atoms with E-state index in [9.17, 15) is 14.9 Å². The fraction of sp³-hybridized carbons (Fsp3) is 0.176. The highest BCUT2D eigenvalue weighted by atomic mass is 32.2. The maximum Gasteiger partial charge on any atom is 0.274 e. The zero-order valence-corrected chi connectivity index (χ0v) is 14.6. The first-order valence-corrected chi connectivity index (χ1v) is 8.74. The van der Waals surface area contributed by atoms with Crippen molar-refractivity contribution in [3.05, 3.63) is 70.0 Å². The molecule has 1 amide bonds. The number of imidazole rings is 1. The van der Waals surface area contributed by atoms with Crippen LogP contribution in [0.3, 0.4) is 0 Å². The normalized spacial score (nSPS) is 10.8. The van der Waals surface area contributed by atoms with Crippen molar-refractivity contribution in [1.82, 2.24) is 14.3 Å². The minimum atomic E-state index is -0.439. The SMILES string of the molecule is CSc1nc(C(=O)N(C)Cc2ccccc2[N+](=O)[O-])c2ccccn12. The van der Waals surface area contributed by atoms with Crippen LogP contribution in [0.1, 0.15) is 16.1 Å². The average molecular weight is 356 g/mol. The van der Waals surface area contributed by atoms with Gasteiger partial charge in [-0.15, -0.1) is 0 Å². The Balaban J connectivity index is 1.93. The number of pyridine rings is 1. The smallest absolute Gasteiger partial charge is 0.274 e. The van der Waals surface area contributed by atoms with Crippen LogP contribution in [-0.2, 0) is 6.54 Å². The summed E-state index contributed by atoms with van der Waals surface area (Å²) in [4.78, 5) is 29.4. The van der Waals surface area contributed by atoms with Gasteiger partial charge in [0.15, 0.2) is 10.9 Å². The molecule has 1 aromatic carbocycles. The molecule has 3 aromatic rings. The van der Waals surface area contributed by atoms with Gasteiger partial charge in [0.2, 0.25) is 0 Å². The number of carbonyl (C=O) groups excluding carboxylic acids is 1. The van der Waals surface area contributed by atoms with Crippen LogP contribution in [0.25, 0.3) is 5.52 Å². The van der Waals surface area contributed by atoms with Crippen LogP contribution < -0.4 is 0 Å². The highest BCUT2D eigenvalue weighted by Gasteiger charge is 2.22. The zero-order chi connectivity index (χ0) is 18.0. The number of nitro benzene ring substituents is 1. The van der Waals surface area contributed by atoms with Gasteiger partial charge in [-0.3, -0.25) is 19.3 Å². The molecule has 0 atom stereocenters. The summed E-state index contributed by atoms with van der Waals surface area (Å²) in [5.41, 5.74) is 1.54. The molecular formula is C17H16N4O3S. The highest BCUT2D eigenvalue weighted by Crippen LogP contribution is 2.23. The third-order valence-electron chi connectivity index (χ3n) is 3.84. The molecule has 0 saturated carbocycles. The second kappa shape index (κ2) is 6.94. The first-order valence-electron chi connectivity index (χ1n) is 7.51. The number of thioether (sulfide) groups is 1.